The van der Waals surface area contributed by atoms with E-state index in [1.54, 1.807) is 0 Å². The van der Waals surface area contributed by atoms with Gasteiger partial charge in [-0.2, -0.15) is 0 Å². The molecule has 2 N–H and O–H groups in total. The average Bonchev–Trinajstić information content (AvgIpc) is 2.88. The van der Waals surface area contributed by atoms with Gasteiger partial charge in [-0.25, -0.2) is 0 Å². The first kappa shape index (κ1) is 15.8. The molecule has 4 heteroatoms. The Morgan fingerprint density at radius 2 is 1.85 bits per heavy atom. The third kappa shape index (κ3) is 4.74. The lowest BCUT2D eigenvalue weighted by Gasteiger charge is -2.19. The minimum Gasteiger partial charge on any atom is -0.353 e. The molecule has 3 atom stereocenters. The van der Waals surface area contributed by atoms with Crippen LogP contribution in [0.5, 0.6) is 0 Å². The second kappa shape index (κ2) is 7.41. The Hall–Kier alpha value is -0.610. The molecule has 0 aromatic carbocycles. The van der Waals surface area contributed by atoms with E-state index in [0.717, 1.165) is 50.4 Å². The van der Waals surface area contributed by atoms with Crippen molar-refractivity contribution in [3.05, 3.63) is 0 Å². The maximum absolute atomic E-state index is 12.1. The Morgan fingerprint density at radius 3 is 2.45 bits per heavy atom. The first-order valence-corrected chi connectivity index (χ1v) is 8.27. The van der Waals surface area contributed by atoms with Crippen molar-refractivity contribution < 1.29 is 4.79 Å². The van der Waals surface area contributed by atoms with Crippen molar-refractivity contribution in [2.45, 2.75) is 46.1 Å². The maximum atomic E-state index is 12.1. The highest BCUT2D eigenvalue weighted by molar-refractivity contribution is 5.78. The van der Waals surface area contributed by atoms with Crippen molar-refractivity contribution in [3.63, 3.8) is 0 Å². The van der Waals surface area contributed by atoms with Gasteiger partial charge in [0, 0.05) is 19.1 Å². The molecule has 0 aliphatic carbocycles. The van der Waals surface area contributed by atoms with Crippen molar-refractivity contribution in [1.29, 1.82) is 0 Å². The first-order valence-electron chi connectivity index (χ1n) is 8.27. The van der Waals surface area contributed by atoms with Crippen molar-refractivity contribution in [2.75, 3.05) is 32.7 Å². The predicted molar refractivity (Wildman–Crippen MR) is 82.6 cm³/mol. The molecule has 116 valence electrons. The van der Waals surface area contributed by atoms with Crippen LogP contribution in [0.15, 0.2) is 0 Å². The van der Waals surface area contributed by atoms with Gasteiger partial charge in [0.05, 0.1) is 6.54 Å². The van der Waals surface area contributed by atoms with Gasteiger partial charge in [-0.1, -0.05) is 26.7 Å². The van der Waals surface area contributed by atoms with Crippen LogP contribution in [0.25, 0.3) is 0 Å². The number of fused-ring (bicyclic) bond motifs is 1. The number of amides is 1. The summed E-state index contributed by atoms with van der Waals surface area (Å²) in [7, 11) is 0. The molecule has 2 aliphatic heterocycles. The molecule has 1 unspecified atom stereocenters. The molecule has 1 amide bonds. The predicted octanol–water partition coefficient (Wildman–Crippen LogP) is 1.47. The molecule has 0 radical (unpaired) electrons. The molecule has 20 heavy (non-hydrogen) atoms. The van der Waals surface area contributed by atoms with Gasteiger partial charge in [0.25, 0.3) is 0 Å². The van der Waals surface area contributed by atoms with E-state index in [4.69, 9.17) is 0 Å². The van der Waals surface area contributed by atoms with Crippen LogP contribution in [0, 0.1) is 17.8 Å². The Morgan fingerprint density at radius 1 is 1.20 bits per heavy atom. The van der Waals surface area contributed by atoms with Crippen LogP contribution >= 0.6 is 0 Å². The van der Waals surface area contributed by atoms with E-state index in [9.17, 15) is 4.79 Å². The zero-order valence-electron chi connectivity index (χ0n) is 13.3. The van der Waals surface area contributed by atoms with E-state index >= 15 is 0 Å². The standard InChI is InChI=1S/C16H31N3O/c1-12(2)5-4-6-13(3)18-16(20)11-19-9-14-7-17-8-15(14)10-19/h12-15,17H,4-11H2,1-3H3,(H,18,20)/t13?,14-,15+. The van der Waals surface area contributed by atoms with Crippen molar-refractivity contribution >= 4 is 5.91 Å². The summed E-state index contributed by atoms with van der Waals surface area (Å²) in [4.78, 5) is 14.4. The van der Waals surface area contributed by atoms with E-state index in [1.807, 2.05) is 0 Å². The Kier molecular flexibility index (Phi) is 5.85. The SMILES string of the molecule is CC(C)CCCC(C)NC(=O)CN1C[C@H]2CNC[C@H]2C1. The normalized spacial score (nSPS) is 27.8. The number of likely N-dealkylation sites (tertiary alicyclic amines) is 1. The summed E-state index contributed by atoms with van der Waals surface area (Å²) < 4.78 is 0. The zero-order valence-corrected chi connectivity index (χ0v) is 13.3. The number of rotatable bonds is 7. The van der Waals surface area contributed by atoms with Crippen LogP contribution < -0.4 is 10.6 Å². The highest BCUT2D eigenvalue weighted by Crippen LogP contribution is 2.25. The fraction of sp³-hybridized carbons (Fsp3) is 0.938. The van der Waals surface area contributed by atoms with E-state index < -0.39 is 0 Å². The Labute approximate surface area is 123 Å². The number of nitrogens with zero attached hydrogens (tertiary/aromatic N) is 1. The van der Waals surface area contributed by atoms with Crippen LogP contribution in [-0.2, 0) is 4.79 Å². The lowest BCUT2D eigenvalue weighted by molar-refractivity contribution is -0.122. The zero-order chi connectivity index (χ0) is 14.5. The summed E-state index contributed by atoms with van der Waals surface area (Å²) in [5.74, 6) is 2.50. The lowest BCUT2D eigenvalue weighted by atomic mass is 10.0. The minimum atomic E-state index is 0.204. The minimum absolute atomic E-state index is 0.204. The fourth-order valence-electron chi connectivity index (χ4n) is 3.51. The average molecular weight is 281 g/mol. The molecule has 4 nitrogen and oxygen atoms in total. The molecule has 2 saturated heterocycles. The van der Waals surface area contributed by atoms with Crippen LogP contribution in [0.1, 0.15) is 40.0 Å². The van der Waals surface area contributed by atoms with E-state index in [1.165, 1.54) is 12.8 Å². The Balaban J connectivity index is 1.60. The van der Waals surface area contributed by atoms with Gasteiger partial charge in [-0.15, -0.1) is 0 Å². The van der Waals surface area contributed by atoms with E-state index in [0.29, 0.717) is 12.6 Å². The second-order valence-corrected chi connectivity index (χ2v) is 7.17. The lowest BCUT2D eigenvalue weighted by Crippen LogP contribution is -2.41. The summed E-state index contributed by atoms with van der Waals surface area (Å²) in [5.41, 5.74) is 0. The maximum Gasteiger partial charge on any atom is 0.234 e. The van der Waals surface area contributed by atoms with Crippen LogP contribution in [0.3, 0.4) is 0 Å². The number of carbonyl (C=O) groups is 1. The van der Waals surface area contributed by atoms with Gasteiger partial charge in [-0.3, -0.25) is 9.69 Å². The van der Waals surface area contributed by atoms with Gasteiger partial charge < -0.3 is 10.6 Å². The molecule has 0 saturated carbocycles. The van der Waals surface area contributed by atoms with Crippen molar-refractivity contribution in [3.8, 4) is 0 Å². The number of hydrogen-bond donors (Lipinski definition) is 2. The summed E-state index contributed by atoms with van der Waals surface area (Å²) in [6.07, 6.45) is 3.56. The highest BCUT2D eigenvalue weighted by Gasteiger charge is 2.36. The third-order valence-electron chi connectivity index (χ3n) is 4.66. The third-order valence-corrected chi connectivity index (χ3v) is 4.66. The summed E-state index contributed by atoms with van der Waals surface area (Å²) in [6, 6.07) is 0.310. The van der Waals surface area contributed by atoms with E-state index in [-0.39, 0.29) is 5.91 Å². The summed E-state index contributed by atoms with van der Waals surface area (Å²) >= 11 is 0. The molecule has 0 aromatic heterocycles. The van der Waals surface area contributed by atoms with Crippen molar-refractivity contribution in [2.24, 2.45) is 17.8 Å². The molecule has 2 rings (SSSR count). The second-order valence-electron chi connectivity index (χ2n) is 7.17. The number of nitrogens with one attached hydrogen (secondary N) is 2. The van der Waals surface area contributed by atoms with Gasteiger partial charge in [0.2, 0.25) is 5.91 Å². The molecular formula is C16H31N3O. The van der Waals surface area contributed by atoms with Crippen LogP contribution in [0.2, 0.25) is 0 Å². The molecule has 0 spiro atoms. The molecular weight excluding hydrogens is 250 g/mol. The topological polar surface area (TPSA) is 44.4 Å². The molecule has 2 fully saturated rings. The van der Waals surface area contributed by atoms with Gasteiger partial charge in [0.15, 0.2) is 0 Å². The van der Waals surface area contributed by atoms with Crippen LogP contribution in [0.4, 0.5) is 0 Å². The van der Waals surface area contributed by atoms with E-state index in [2.05, 4.69) is 36.3 Å². The molecule has 2 aliphatic rings. The smallest absolute Gasteiger partial charge is 0.234 e. The van der Waals surface area contributed by atoms with Crippen LogP contribution in [-0.4, -0.2) is 49.6 Å². The first-order chi connectivity index (χ1) is 9.54. The number of hydrogen-bond acceptors (Lipinski definition) is 3. The number of carbonyl (C=O) groups excluding carboxylic acids is 1. The van der Waals surface area contributed by atoms with Crippen molar-refractivity contribution in [1.82, 2.24) is 15.5 Å². The summed E-state index contributed by atoms with van der Waals surface area (Å²) in [5, 5.41) is 6.59. The quantitative estimate of drug-likeness (QED) is 0.743. The van der Waals surface area contributed by atoms with Gasteiger partial charge in [0.1, 0.15) is 0 Å². The summed E-state index contributed by atoms with van der Waals surface area (Å²) in [6.45, 7) is 11.7. The fourth-order valence-corrected chi connectivity index (χ4v) is 3.51. The molecule has 0 aromatic rings. The molecule has 2 heterocycles. The monoisotopic (exact) mass is 281 g/mol. The molecule has 0 bridgehead atoms. The van der Waals surface area contributed by atoms with Gasteiger partial charge in [-0.05, 0) is 44.2 Å². The Bertz CT molecular complexity index is 307. The van der Waals surface area contributed by atoms with Gasteiger partial charge >= 0.3 is 0 Å². The largest absolute Gasteiger partial charge is 0.353 e. The highest BCUT2D eigenvalue weighted by atomic mass is 16.2.